The maximum atomic E-state index is 12.3. The Morgan fingerprint density at radius 2 is 1.86 bits per heavy atom. The van der Waals surface area contributed by atoms with Crippen LogP contribution in [0.3, 0.4) is 0 Å². The van der Waals surface area contributed by atoms with E-state index in [1.807, 2.05) is 37.3 Å². The first-order valence-corrected chi connectivity index (χ1v) is 8.17. The fraction of sp³-hybridized carbons (Fsp3) is 0.278. The van der Waals surface area contributed by atoms with Crippen LogP contribution in [0, 0.1) is 6.92 Å². The fourth-order valence-corrected chi connectivity index (χ4v) is 3.13. The summed E-state index contributed by atoms with van der Waals surface area (Å²) in [4.78, 5) is 13.5. The summed E-state index contributed by atoms with van der Waals surface area (Å²) in [5, 5.41) is 0. The van der Waals surface area contributed by atoms with E-state index in [4.69, 9.17) is 9.47 Å². The van der Waals surface area contributed by atoms with Crippen LogP contribution in [0.1, 0.15) is 28.4 Å². The standard InChI is InChI=1S/C18H20O3S/c1-4-21-18(19)16-14(11-10-13(2)17(16)20-3)12-22-15-8-6-5-7-9-15/h5-11H,4,12H2,1-3H3. The van der Waals surface area contributed by atoms with E-state index in [9.17, 15) is 4.79 Å². The Bertz CT molecular complexity index is 638. The van der Waals surface area contributed by atoms with Crippen molar-refractivity contribution >= 4 is 17.7 Å². The fourth-order valence-electron chi connectivity index (χ4n) is 2.22. The topological polar surface area (TPSA) is 35.5 Å². The molecule has 0 radical (unpaired) electrons. The highest BCUT2D eigenvalue weighted by Crippen LogP contribution is 2.32. The monoisotopic (exact) mass is 316 g/mol. The van der Waals surface area contributed by atoms with E-state index in [1.165, 1.54) is 0 Å². The molecule has 0 aliphatic rings. The molecular weight excluding hydrogens is 296 g/mol. The van der Waals surface area contributed by atoms with Crippen LogP contribution in [0.2, 0.25) is 0 Å². The van der Waals surface area contributed by atoms with E-state index in [2.05, 4.69) is 12.1 Å². The highest BCUT2D eigenvalue weighted by Gasteiger charge is 2.20. The van der Waals surface area contributed by atoms with Gasteiger partial charge in [-0.15, -0.1) is 11.8 Å². The van der Waals surface area contributed by atoms with E-state index in [0.29, 0.717) is 23.7 Å². The van der Waals surface area contributed by atoms with Crippen LogP contribution in [0.15, 0.2) is 47.4 Å². The molecule has 0 heterocycles. The summed E-state index contributed by atoms with van der Waals surface area (Å²) in [7, 11) is 1.58. The number of rotatable bonds is 6. The van der Waals surface area contributed by atoms with Crippen molar-refractivity contribution in [2.45, 2.75) is 24.5 Å². The SMILES string of the molecule is CCOC(=O)c1c(CSc2ccccc2)ccc(C)c1OC. The number of thioether (sulfide) groups is 1. The molecule has 0 saturated heterocycles. The van der Waals surface area contributed by atoms with Gasteiger partial charge in [-0.3, -0.25) is 0 Å². The Labute approximate surface area is 135 Å². The molecule has 0 N–H and O–H groups in total. The Morgan fingerprint density at radius 3 is 2.50 bits per heavy atom. The van der Waals surface area contributed by atoms with Gasteiger partial charge < -0.3 is 9.47 Å². The van der Waals surface area contributed by atoms with E-state index < -0.39 is 0 Å². The van der Waals surface area contributed by atoms with Crippen molar-refractivity contribution in [3.8, 4) is 5.75 Å². The van der Waals surface area contributed by atoms with Crippen LogP contribution in [0.4, 0.5) is 0 Å². The van der Waals surface area contributed by atoms with E-state index in [-0.39, 0.29) is 5.97 Å². The second-order valence-corrected chi connectivity index (χ2v) is 5.82. The molecule has 4 heteroatoms. The lowest BCUT2D eigenvalue weighted by Crippen LogP contribution is -2.11. The van der Waals surface area contributed by atoms with E-state index in [0.717, 1.165) is 16.0 Å². The van der Waals surface area contributed by atoms with Gasteiger partial charge in [0.1, 0.15) is 11.3 Å². The van der Waals surface area contributed by atoms with Gasteiger partial charge in [-0.1, -0.05) is 30.3 Å². The molecule has 3 nitrogen and oxygen atoms in total. The minimum absolute atomic E-state index is 0.327. The number of aryl methyl sites for hydroxylation is 1. The molecule has 0 unspecified atom stereocenters. The zero-order valence-corrected chi connectivity index (χ0v) is 13.9. The van der Waals surface area contributed by atoms with Crippen molar-refractivity contribution in [1.82, 2.24) is 0 Å². The molecule has 0 atom stereocenters. The first-order valence-electron chi connectivity index (χ1n) is 7.18. The van der Waals surface area contributed by atoms with Crippen LogP contribution in [-0.4, -0.2) is 19.7 Å². The third-order valence-electron chi connectivity index (χ3n) is 3.26. The number of ether oxygens (including phenoxy) is 2. The first-order chi connectivity index (χ1) is 10.7. The van der Waals surface area contributed by atoms with Crippen molar-refractivity contribution in [1.29, 1.82) is 0 Å². The van der Waals surface area contributed by atoms with E-state index in [1.54, 1.807) is 25.8 Å². The average Bonchev–Trinajstić information content (AvgIpc) is 2.54. The third kappa shape index (κ3) is 3.83. The maximum absolute atomic E-state index is 12.3. The van der Waals surface area contributed by atoms with Gasteiger partial charge in [0, 0.05) is 10.6 Å². The molecule has 0 spiro atoms. The number of methoxy groups -OCH3 is 1. The molecule has 0 aromatic heterocycles. The van der Waals surface area contributed by atoms with Crippen molar-refractivity contribution in [3.63, 3.8) is 0 Å². The van der Waals surface area contributed by atoms with Gasteiger partial charge in [0.25, 0.3) is 0 Å². The molecule has 22 heavy (non-hydrogen) atoms. The molecule has 2 rings (SSSR count). The largest absolute Gasteiger partial charge is 0.496 e. The van der Waals surface area contributed by atoms with Crippen molar-refractivity contribution in [3.05, 3.63) is 59.2 Å². The first kappa shape index (κ1) is 16.4. The van der Waals surface area contributed by atoms with Gasteiger partial charge in [0.05, 0.1) is 13.7 Å². The molecule has 2 aromatic rings. The van der Waals surface area contributed by atoms with Crippen molar-refractivity contribution in [2.24, 2.45) is 0 Å². The normalized spacial score (nSPS) is 10.3. The number of hydrogen-bond donors (Lipinski definition) is 0. The third-order valence-corrected chi connectivity index (χ3v) is 4.32. The van der Waals surface area contributed by atoms with Gasteiger partial charge in [0.2, 0.25) is 0 Å². The highest BCUT2D eigenvalue weighted by molar-refractivity contribution is 7.98. The Morgan fingerprint density at radius 1 is 1.14 bits per heavy atom. The number of carbonyl (C=O) groups is 1. The van der Waals surface area contributed by atoms with Crippen LogP contribution in [0.25, 0.3) is 0 Å². The summed E-state index contributed by atoms with van der Waals surface area (Å²) in [5.74, 6) is 0.964. The van der Waals surface area contributed by atoms with Gasteiger partial charge in [-0.2, -0.15) is 0 Å². The summed E-state index contributed by atoms with van der Waals surface area (Å²) in [6.07, 6.45) is 0. The summed E-state index contributed by atoms with van der Waals surface area (Å²) < 4.78 is 10.6. The Balaban J connectivity index is 2.31. The lowest BCUT2D eigenvalue weighted by molar-refractivity contribution is 0.0521. The molecule has 0 aliphatic heterocycles. The average molecular weight is 316 g/mol. The lowest BCUT2D eigenvalue weighted by atomic mass is 10.0. The van der Waals surface area contributed by atoms with E-state index >= 15 is 0 Å². The Hall–Kier alpha value is -1.94. The van der Waals surface area contributed by atoms with Gasteiger partial charge >= 0.3 is 5.97 Å². The molecule has 116 valence electrons. The van der Waals surface area contributed by atoms with Crippen LogP contribution in [-0.2, 0) is 10.5 Å². The second-order valence-electron chi connectivity index (χ2n) is 4.77. The molecule has 2 aromatic carbocycles. The van der Waals surface area contributed by atoms with Crippen molar-refractivity contribution in [2.75, 3.05) is 13.7 Å². The quantitative estimate of drug-likeness (QED) is 0.582. The number of benzene rings is 2. The number of carbonyl (C=O) groups excluding carboxylic acids is 1. The lowest BCUT2D eigenvalue weighted by Gasteiger charge is -2.15. The van der Waals surface area contributed by atoms with Gasteiger partial charge in [-0.25, -0.2) is 4.79 Å². The second kappa shape index (κ2) is 7.90. The molecular formula is C18H20O3S. The van der Waals surface area contributed by atoms with Crippen molar-refractivity contribution < 1.29 is 14.3 Å². The predicted octanol–water partition coefficient (Wildman–Crippen LogP) is 4.47. The number of hydrogen-bond acceptors (Lipinski definition) is 4. The number of esters is 1. The summed E-state index contributed by atoms with van der Waals surface area (Å²) in [6.45, 7) is 4.08. The highest BCUT2D eigenvalue weighted by atomic mass is 32.2. The summed E-state index contributed by atoms with van der Waals surface area (Å²) in [5.41, 5.74) is 2.39. The summed E-state index contributed by atoms with van der Waals surface area (Å²) >= 11 is 1.68. The Kier molecular flexibility index (Phi) is 5.90. The molecule has 0 fully saturated rings. The zero-order chi connectivity index (χ0) is 15.9. The smallest absolute Gasteiger partial charge is 0.342 e. The minimum Gasteiger partial charge on any atom is -0.496 e. The van der Waals surface area contributed by atoms with Crippen LogP contribution in [0.5, 0.6) is 5.75 Å². The minimum atomic E-state index is -0.327. The van der Waals surface area contributed by atoms with Crippen LogP contribution < -0.4 is 4.74 Å². The summed E-state index contributed by atoms with van der Waals surface area (Å²) in [6, 6.07) is 14.1. The molecule has 0 amide bonds. The van der Waals surface area contributed by atoms with Gasteiger partial charge in [0.15, 0.2) is 0 Å². The maximum Gasteiger partial charge on any atom is 0.342 e. The molecule has 0 aliphatic carbocycles. The predicted molar refractivity (Wildman–Crippen MR) is 89.7 cm³/mol. The van der Waals surface area contributed by atoms with Gasteiger partial charge in [-0.05, 0) is 37.1 Å². The van der Waals surface area contributed by atoms with Crippen LogP contribution >= 0.6 is 11.8 Å². The molecule has 0 saturated carbocycles. The molecule has 0 bridgehead atoms. The zero-order valence-electron chi connectivity index (χ0n) is 13.1.